The summed E-state index contributed by atoms with van der Waals surface area (Å²) in [5, 5.41) is 1.82. The van der Waals surface area contributed by atoms with Gasteiger partial charge >= 0.3 is 0 Å². The van der Waals surface area contributed by atoms with Gasteiger partial charge in [-0.3, -0.25) is 0 Å². The lowest BCUT2D eigenvalue weighted by Gasteiger charge is -2.53. The standard InChI is InChI=1S/C21H44P2/c1-18(2,3)22(19(4,5)6)16-14-13-15-17(16)23(20(7,8)9)21(10,11)12/h16-17H,13-15H2,1-12H3. The maximum Gasteiger partial charge on any atom is -0.0132 e. The van der Waals surface area contributed by atoms with Crippen molar-refractivity contribution in [2.24, 2.45) is 0 Å². The van der Waals surface area contributed by atoms with E-state index in [1.165, 1.54) is 19.3 Å². The van der Waals surface area contributed by atoms with Crippen LogP contribution in [-0.2, 0) is 0 Å². The molecule has 2 heteroatoms. The first-order valence-electron chi connectivity index (χ1n) is 9.56. The number of rotatable bonds is 2. The molecule has 2 unspecified atom stereocenters. The van der Waals surface area contributed by atoms with Crippen LogP contribution in [0.5, 0.6) is 0 Å². The van der Waals surface area contributed by atoms with Crippen LogP contribution in [0.4, 0.5) is 0 Å². The molecule has 0 aliphatic heterocycles. The Morgan fingerprint density at radius 1 is 0.478 bits per heavy atom. The average molecular weight is 359 g/mol. The van der Waals surface area contributed by atoms with Crippen LogP contribution < -0.4 is 0 Å². The number of hydrogen-bond acceptors (Lipinski definition) is 0. The summed E-state index contributed by atoms with van der Waals surface area (Å²) in [6, 6.07) is 0. The van der Waals surface area contributed by atoms with Gasteiger partial charge in [0, 0.05) is 0 Å². The topological polar surface area (TPSA) is 0 Å². The lowest BCUT2D eigenvalue weighted by molar-refractivity contribution is 0.655. The summed E-state index contributed by atoms with van der Waals surface area (Å²) in [5.41, 5.74) is 1.93. The van der Waals surface area contributed by atoms with Crippen molar-refractivity contribution in [3.63, 3.8) is 0 Å². The smallest absolute Gasteiger partial charge is 0.0132 e. The van der Waals surface area contributed by atoms with E-state index in [1.54, 1.807) is 0 Å². The summed E-state index contributed by atoms with van der Waals surface area (Å²) in [7, 11) is 0.0125. The van der Waals surface area contributed by atoms with E-state index >= 15 is 0 Å². The molecule has 1 aliphatic rings. The zero-order valence-corrected chi connectivity index (χ0v) is 20.0. The van der Waals surface area contributed by atoms with Gasteiger partial charge in [-0.2, -0.15) is 0 Å². The van der Waals surface area contributed by atoms with Crippen LogP contribution in [0.3, 0.4) is 0 Å². The van der Waals surface area contributed by atoms with Gasteiger partial charge in [0.05, 0.1) is 0 Å². The summed E-state index contributed by atoms with van der Waals surface area (Å²) in [6.07, 6.45) is 4.43. The molecule has 0 radical (unpaired) electrons. The van der Waals surface area contributed by atoms with Crippen molar-refractivity contribution < 1.29 is 0 Å². The third-order valence-electron chi connectivity index (χ3n) is 5.00. The Labute approximate surface area is 150 Å². The van der Waals surface area contributed by atoms with Crippen LogP contribution >= 0.6 is 15.8 Å². The molecule has 0 spiro atoms. The van der Waals surface area contributed by atoms with Crippen LogP contribution in [0, 0.1) is 0 Å². The molecule has 0 heterocycles. The maximum atomic E-state index is 2.51. The van der Waals surface area contributed by atoms with Crippen molar-refractivity contribution in [3.8, 4) is 0 Å². The Hall–Kier alpha value is 0.860. The minimum Gasteiger partial charge on any atom is -0.0918 e. The van der Waals surface area contributed by atoms with E-state index in [2.05, 4.69) is 83.1 Å². The second-order valence-corrected chi connectivity index (χ2v) is 19.7. The van der Waals surface area contributed by atoms with Gasteiger partial charge < -0.3 is 0 Å². The molecule has 23 heavy (non-hydrogen) atoms. The molecule has 1 fully saturated rings. The van der Waals surface area contributed by atoms with Gasteiger partial charge in [-0.25, -0.2) is 0 Å². The third-order valence-corrected chi connectivity index (χ3v) is 13.6. The summed E-state index contributed by atoms with van der Waals surface area (Å²) in [6.45, 7) is 30.1. The van der Waals surface area contributed by atoms with Gasteiger partial charge in [-0.05, 0) is 44.8 Å². The molecular formula is C21H44P2. The second kappa shape index (κ2) is 6.88. The minimum atomic E-state index is 0.00624. The van der Waals surface area contributed by atoms with Crippen molar-refractivity contribution in [3.05, 3.63) is 0 Å². The Kier molecular flexibility index (Phi) is 6.55. The van der Waals surface area contributed by atoms with E-state index in [4.69, 9.17) is 0 Å². The Bertz CT molecular complexity index is 318. The van der Waals surface area contributed by atoms with E-state index in [0.717, 1.165) is 11.3 Å². The fourth-order valence-corrected chi connectivity index (χ4v) is 16.2. The van der Waals surface area contributed by atoms with E-state index in [-0.39, 0.29) is 15.8 Å². The molecule has 1 rings (SSSR count). The molecule has 0 aromatic rings. The van der Waals surface area contributed by atoms with Gasteiger partial charge in [-0.15, -0.1) is 0 Å². The monoisotopic (exact) mass is 358 g/mol. The molecular weight excluding hydrogens is 314 g/mol. The first-order valence-corrected chi connectivity index (χ1v) is 12.4. The molecule has 0 saturated heterocycles. The van der Waals surface area contributed by atoms with Crippen molar-refractivity contribution in [1.82, 2.24) is 0 Å². The first-order chi connectivity index (χ1) is 9.97. The molecule has 0 amide bonds. The Balaban J connectivity index is 3.31. The third kappa shape index (κ3) is 5.42. The van der Waals surface area contributed by atoms with Crippen molar-refractivity contribution in [2.75, 3.05) is 0 Å². The van der Waals surface area contributed by atoms with Crippen LogP contribution in [0.15, 0.2) is 0 Å². The second-order valence-electron chi connectivity index (χ2n) is 11.5. The van der Waals surface area contributed by atoms with Gasteiger partial charge in [0.25, 0.3) is 0 Å². The maximum absolute atomic E-state index is 2.51. The summed E-state index contributed by atoms with van der Waals surface area (Å²) in [5.74, 6) is 0. The zero-order chi connectivity index (χ0) is 18.4. The molecule has 0 bridgehead atoms. The molecule has 2 atom stereocenters. The summed E-state index contributed by atoms with van der Waals surface area (Å²) >= 11 is 0. The molecule has 1 saturated carbocycles. The van der Waals surface area contributed by atoms with E-state index < -0.39 is 0 Å². The fraction of sp³-hybridized carbons (Fsp3) is 1.00. The predicted octanol–water partition coefficient (Wildman–Crippen LogP) is 8.07. The minimum absolute atomic E-state index is 0.00624. The highest BCUT2D eigenvalue weighted by Crippen LogP contribution is 2.74. The van der Waals surface area contributed by atoms with Crippen LogP contribution in [-0.4, -0.2) is 31.9 Å². The zero-order valence-electron chi connectivity index (χ0n) is 18.2. The predicted molar refractivity (Wildman–Crippen MR) is 114 cm³/mol. The Morgan fingerprint density at radius 2 is 0.696 bits per heavy atom. The van der Waals surface area contributed by atoms with Crippen LogP contribution in [0.2, 0.25) is 0 Å². The quantitative estimate of drug-likeness (QED) is 0.438. The van der Waals surface area contributed by atoms with Crippen molar-refractivity contribution in [1.29, 1.82) is 0 Å². The largest absolute Gasteiger partial charge is 0.0918 e. The number of hydrogen-bond donors (Lipinski definition) is 0. The highest BCUT2D eigenvalue weighted by atomic mass is 31.1. The van der Waals surface area contributed by atoms with Gasteiger partial charge in [0.15, 0.2) is 0 Å². The van der Waals surface area contributed by atoms with Crippen molar-refractivity contribution in [2.45, 2.75) is 134 Å². The first kappa shape index (κ1) is 21.9. The molecule has 0 N–H and O–H groups in total. The fourth-order valence-electron chi connectivity index (χ4n) is 5.53. The van der Waals surface area contributed by atoms with E-state index in [0.29, 0.717) is 20.6 Å². The van der Waals surface area contributed by atoms with E-state index in [9.17, 15) is 0 Å². The molecule has 0 aromatic heterocycles. The van der Waals surface area contributed by atoms with Crippen LogP contribution in [0.25, 0.3) is 0 Å². The molecule has 138 valence electrons. The van der Waals surface area contributed by atoms with Gasteiger partial charge in [0.1, 0.15) is 0 Å². The van der Waals surface area contributed by atoms with E-state index in [1.807, 2.05) is 0 Å². The summed E-state index contributed by atoms with van der Waals surface area (Å²) in [4.78, 5) is 0. The van der Waals surface area contributed by atoms with Gasteiger partial charge in [0.2, 0.25) is 0 Å². The highest BCUT2D eigenvalue weighted by molar-refractivity contribution is 7.66. The lowest BCUT2D eigenvalue weighted by atomic mass is 10.2. The lowest BCUT2D eigenvalue weighted by Crippen LogP contribution is -2.39. The molecule has 0 nitrogen and oxygen atoms in total. The SMILES string of the molecule is CC(C)(C)P(C1CCCC1P(C(C)(C)C)C(C)(C)C)C(C)(C)C. The van der Waals surface area contributed by atoms with Crippen LogP contribution in [0.1, 0.15) is 102 Å². The molecule has 0 aromatic carbocycles. The van der Waals surface area contributed by atoms with Crippen molar-refractivity contribution >= 4 is 15.8 Å². The normalized spacial score (nSPS) is 24.8. The highest BCUT2D eigenvalue weighted by Gasteiger charge is 2.50. The average Bonchev–Trinajstić information content (AvgIpc) is 2.56. The Morgan fingerprint density at radius 3 is 0.870 bits per heavy atom. The molecule has 1 aliphatic carbocycles. The summed E-state index contributed by atoms with van der Waals surface area (Å²) < 4.78 is 0. The van der Waals surface area contributed by atoms with Gasteiger partial charge in [-0.1, -0.05) is 105 Å².